The van der Waals surface area contributed by atoms with Gasteiger partial charge < -0.3 is 10.3 Å². The number of benzene rings is 1. The summed E-state index contributed by atoms with van der Waals surface area (Å²) in [6.07, 6.45) is 4.59. The summed E-state index contributed by atoms with van der Waals surface area (Å²) in [5, 5.41) is 6.27. The van der Waals surface area contributed by atoms with Crippen LogP contribution in [0.4, 0.5) is 0 Å². The molecule has 1 saturated carbocycles. The summed E-state index contributed by atoms with van der Waals surface area (Å²) < 4.78 is 0. The highest BCUT2D eigenvalue weighted by Gasteiger charge is 2.53. The van der Waals surface area contributed by atoms with Crippen LogP contribution in [0, 0.1) is 11.3 Å². The summed E-state index contributed by atoms with van der Waals surface area (Å²) in [5.41, 5.74) is 4.52. The lowest BCUT2D eigenvalue weighted by Gasteiger charge is -2.55. The minimum atomic E-state index is 0.103. The number of rotatable bonds is 2. The van der Waals surface area contributed by atoms with Crippen LogP contribution in [0.5, 0.6) is 0 Å². The number of fused-ring (bicyclic) bond motifs is 5. The molecule has 23 heavy (non-hydrogen) atoms. The van der Waals surface area contributed by atoms with Crippen molar-refractivity contribution in [2.24, 2.45) is 11.3 Å². The third-order valence-corrected chi connectivity index (χ3v) is 6.84. The SMILES string of the molecule is C=CC1(C)CCC2C(c3c([nH]c4ccccc34)C2(C)C)C1[N-]C. The minimum Gasteiger partial charge on any atom is -0.661 e. The van der Waals surface area contributed by atoms with Crippen LogP contribution in [0.1, 0.15) is 50.8 Å². The molecular weight excluding hydrogens is 280 g/mol. The molecule has 0 radical (unpaired) electrons. The third kappa shape index (κ3) is 1.79. The first-order valence-electron chi connectivity index (χ1n) is 8.77. The van der Waals surface area contributed by atoms with Crippen molar-refractivity contribution in [3.05, 3.63) is 53.5 Å². The predicted molar refractivity (Wildman–Crippen MR) is 98.2 cm³/mol. The molecule has 2 aliphatic rings. The molecule has 4 rings (SSSR count). The molecule has 0 spiro atoms. The molecular formula is C21H27N2-. The largest absolute Gasteiger partial charge is 0.661 e. The maximum Gasteiger partial charge on any atom is 0.0459 e. The van der Waals surface area contributed by atoms with Gasteiger partial charge in [0.2, 0.25) is 0 Å². The van der Waals surface area contributed by atoms with Gasteiger partial charge in [-0.05, 0) is 41.7 Å². The van der Waals surface area contributed by atoms with Gasteiger partial charge in [-0.25, -0.2) is 0 Å². The lowest BCUT2D eigenvalue weighted by Crippen LogP contribution is -2.44. The first kappa shape index (κ1) is 15.0. The number of hydrogen-bond donors (Lipinski definition) is 1. The summed E-state index contributed by atoms with van der Waals surface area (Å²) in [4.78, 5) is 3.75. The van der Waals surface area contributed by atoms with E-state index in [0.717, 1.165) is 0 Å². The van der Waals surface area contributed by atoms with E-state index < -0.39 is 0 Å². The molecule has 1 fully saturated rings. The summed E-state index contributed by atoms with van der Waals surface area (Å²) in [6.45, 7) is 11.3. The van der Waals surface area contributed by atoms with Crippen molar-refractivity contribution in [2.75, 3.05) is 7.05 Å². The average molecular weight is 307 g/mol. The molecule has 1 N–H and O–H groups in total. The van der Waals surface area contributed by atoms with Crippen molar-refractivity contribution < 1.29 is 0 Å². The summed E-state index contributed by atoms with van der Waals surface area (Å²) in [7, 11) is 1.99. The highest BCUT2D eigenvalue weighted by atomic mass is 14.9. The van der Waals surface area contributed by atoms with Crippen molar-refractivity contribution in [1.29, 1.82) is 0 Å². The van der Waals surface area contributed by atoms with E-state index in [1.54, 1.807) is 0 Å². The molecule has 2 heteroatoms. The Bertz CT molecular complexity index is 769. The Kier molecular flexibility index (Phi) is 3.09. The van der Waals surface area contributed by atoms with E-state index in [4.69, 9.17) is 5.32 Å². The fourth-order valence-corrected chi connectivity index (χ4v) is 5.47. The Morgan fingerprint density at radius 2 is 2.00 bits per heavy atom. The van der Waals surface area contributed by atoms with Gasteiger partial charge in [0.15, 0.2) is 0 Å². The van der Waals surface area contributed by atoms with Crippen LogP contribution in [0.3, 0.4) is 0 Å². The van der Waals surface area contributed by atoms with Gasteiger partial charge in [-0.15, -0.1) is 12.6 Å². The van der Waals surface area contributed by atoms with Crippen LogP contribution >= 0.6 is 0 Å². The highest BCUT2D eigenvalue weighted by molar-refractivity contribution is 5.87. The Balaban J connectivity index is 1.97. The predicted octanol–water partition coefficient (Wildman–Crippen LogP) is 5.52. The topological polar surface area (TPSA) is 29.9 Å². The number of aromatic nitrogens is 1. The second kappa shape index (κ2) is 4.73. The highest BCUT2D eigenvalue weighted by Crippen LogP contribution is 2.62. The molecule has 0 saturated heterocycles. The Morgan fingerprint density at radius 3 is 2.70 bits per heavy atom. The van der Waals surface area contributed by atoms with Crippen LogP contribution in [-0.4, -0.2) is 18.1 Å². The second-order valence-electron chi connectivity index (χ2n) is 8.26. The number of para-hydroxylation sites is 1. The van der Waals surface area contributed by atoms with Crippen molar-refractivity contribution >= 4 is 10.9 Å². The first-order valence-corrected chi connectivity index (χ1v) is 8.77. The Hall–Kier alpha value is -1.54. The van der Waals surface area contributed by atoms with Crippen molar-refractivity contribution in [2.45, 2.75) is 51.0 Å². The number of aromatic amines is 1. The normalized spacial score (nSPS) is 35.0. The molecule has 1 heterocycles. The maximum atomic E-state index is 4.88. The first-order chi connectivity index (χ1) is 10.9. The fourth-order valence-electron chi connectivity index (χ4n) is 5.47. The van der Waals surface area contributed by atoms with Crippen LogP contribution in [0.25, 0.3) is 16.2 Å². The molecule has 4 unspecified atom stereocenters. The van der Waals surface area contributed by atoms with Crippen molar-refractivity contribution in [1.82, 2.24) is 4.98 Å². The van der Waals surface area contributed by atoms with Crippen molar-refractivity contribution in [3.8, 4) is 0 Å². The summed E-state index contributed by atoms with van der Waals surface area (Å²) in [6, 6.07) is 9.07. The van der Waals surface area contributed by atoms with E-state index in [2.05, 4.69) is 62.7 Å². The second-order valence-corrected chi connectivity index (χ2v) is 8.26. The Labute approximate surface area is 139 Å². The van der Waals surface area contributed by atoms with Gasteiger partial charge in [0.05, 0.1) is 0 Å². The van der Waals surface area contributed by atoms with Gasteiger partial charge in [0.25, 0.3) is 0 Å². The molecule has 0 aliphatic heterocycles. The number of hydrogen-bond acceptors (Lipinski definition) is 0. The molecule has 1 aromatic heterocycles. The van der Waals surface area contributed by atoms with Gasteiger partial charge in [-0.2, -0.15) is 7.05 Å². The van der Waals surface area contributed by atoms with E-state index in [9.17, 15) is 0 Å². The lowest BCUT2D eigenvalue weighted by molar-refractivity contribution is 0.139. The van der Waals surface area contributed by atoms with Gasteiger partial charge in [0.1, 0.15) is 0 Å². The van der Waals surface area contributed by atoms with Gasteiger partial charge in [-0.1, -0.05) is 45.0 Å². The lowest BCUT2D eigenvalue weighted by atomic mass is 9.59. The maximum absolute atomic E-state index is 4.88. The molecule has 122 valence electrons. The summed E-state index contributed by atoms with van der Waals surface area (Å²) in [5.74, 6) is 1.16. The number of nitrogens with zero attached hydrogens (tertiary/aromatic N) is 1. The molecule has 0 amide bonds. The third-order valence-electron chi connectivity index (χ3n) is 6.84. The minimum absolute atomic E-state index is 0.103. The van der Waals surface area contributed by atoms with Gasteiger partial charge in [-0.3, -0.25) is 0 Å². The van der Waals surface area contributed by atoms with Gasteiger partial charge in [0, 0.05) is 22.0 Å². The smallest absolute Gasteiger partial charge is 0.0459 e. The molecule has 2 aliphatic carbocycles. The Morgan fingerprint density at radius 1 is 1.26 bits per heavy atom. The standard InChI is InChI=1S/C21H27N2/c1-6-21(4)12-11-14-17(19(21)22-5)16-13-9-7-8-10-15(13)23-18(16)20(14,2)3/h6-10,14,17,19,23H,1,11-12H2,2-5H3/q-1. The van der Waals surface area contributed by atoms with Crippen molar-refractivity contribution in [3.63, 3.8) is 0 Å². The molecule has 4 atom stereocenters. The fraction of sp³-hybridized carbons (Fsp3) is 0.524. The molecule has 2 nitrogen and oxygen atoms in total. The van der Waals surface area contributed by atoms with E-state index in [1.807, 2.05) is 7.05 Å². The van der Waals surface area contributed by atoms with Crippen LogP contribution in [0.2, 0.25) is 0 Å². The van der Waals surface area contributed by atoms with Crippen LogP contribution in [-0.2, 0) is 5.41 Å². The monoisotopic (exact) mass is 307 g/mol. The number of H-pyrrole nitrogens is 1. The zero-order valence-corrected chi connectivity index (χ0v) is 14.7. The number of nitrogens with one attached hydrogen (secondary N) is 1. The quantitative estimate of drug-likeness (QED) is 0.708. The number of likely N-dealkylation sites (N-methyl/N-ethyl adjacent to an activating group) is 1. The van der Waals surface area contributed by atoms with Gasteiger partial charge >= 0.3 is 0 Å². The summed E-state index contributed by atoms with van der Waals surface area (Å²) >= 11 is 0. The molecule has 0 bridgehead atoms. The average Bonchev–Trinajstić information content (AvgIpc) is 3.02. The van der Waals surface area contributed by atoms with E-state index in [0.29, 0.717) is 17.9 Å². The zero-order valence-electron chi connectivity index (χ0n) is 14.7. The van der Waals surface area contributed by atoms with Crippen LogP contribution < -0.4 is 0 Å². The molecule has 1 aromatic carbocycles. The zero-order chi connectivity index (χ0) is 16.4. The van der Waals surface area contributed by atoms with Crippen LogP contribution in [0.15, 0.2) is 36.9 Å². The van der Waals surface area contributed by atoms with E-state index in [-0.39, 0.29) is 10.8 Å². The van der Waals surface area contributed by atoms with E-state index in [1.165, 1.54) is 35.0 Å². The van der Waals surface area contributed by atoms with E-state index >= 15 is 0 Å². The molecule has 2 aromatic rings.